The van der Waals surface area contributed by atoms with Crippen molar-refractivity contribution in [3.8, 4) is 6.07 Å². The van der Waals surface area contributed by atoms with Gasteiger partial charge < -0.3 is 5.11 Å². The van der Waals surface area contributed by atoms with Crippen LogP contribution in [0, 0.1) is 18.3 Å². The molecular formula is C12H13NO2. The molecule has 0 saturated carbocycles. The second-order valence-electron chi connectivity index (χ2n) is 3.50. The van der Waals surface area contributed by atoms with Gasteiger partial charge in [0.05, 0.1) is 12.5 Å². The molecule has 1 aromatic rings. The molecule has 0 aliphatic rings. The van der Waals surface area contributed by atoms with Gasteiger partial charge in [0.25, 0.3) is 0 Å². The van der Waals surface area contributed by atoms with Crippen molar-refractivity contribution in [2.45, 2.75) is 26.2 Å². The smallest absolute Gasteiger partial charge is 0.307 e. The zero-order valence-electron chi connectivity index (χ0n) is 8.66. The number of aryl methyl sites for hydroxylation is 2. The molecule has 0 radical (unpaired) electrons. The van der Waals surface area contributed by atoms with Crippen LogP contribution in [0.1, 0.15) is 23.1 Å². The number of carbonyl (C=O) groups is 1. The highest BCUT2D eigenvalue weighted by molar-refractivity contribution is 5.70. The maximum absolute atomic E-state index is 10.6. The van der Waals surface area contributed by atoms with Crippen molar-refractivity contribution in [2.24, 2.45) is 0 Å². The molecule has 0 amide bonds. The second kappa shape index (κ2) is 5.16. The summed E-state index contributed by atoms with van der Waals surface area (Å²) in [7, 11) is 0. The van der Waals surface area contributed by atoms with Crippen LogP contribution in [-0.4, -0.2) is 11.1 Å². The summed E-state index contributed by atoms with van der Waals surface area (Å²) >= 11 is 0. The molecule has 0 fully saturated rings. The van der Waals surface area contributed by atoms with Gasteiger partial charge in [0.1, 0.15) is 0 Å². The first-order valence-corrected chi connectivity index (χ1v) is 4.80. The summed E-state index contributed by atoms with van der Waals surface area (Å²) in [5.74, 6) is -0.836. The Morgan fingerprint density at radius 2 is 2.20 bits per heavy atom. The largest absolute Gasteiger partial charge is 0.481 e. The highest BCUT2D eigenvalue weighted by atomic mass is 16.4. The molecule has 0 spiro atoms. The van der Waals surface area contributed by atoms with E-state index in [1.165, 1.54) is 0 Å². The average Bonchev–Trinajstić information content (AvgIpc) is 2.18. The Hall–Kier alpha value is -1.82. The van der Waals surface area contributed by atoms with E-state index in [4.69, 9.17) is 10.4 Å². The summed E-state index contributed by atoms with van der Waals surface area (Å²) in [4.78, 5) is 10.6. The SMILES string of the molecule is Cc1ccc(CC(=O)O)c(CCC#N)c1. The van der Waals surface area contributed by atoms with Crippen LogP contribution in [0.4, 0.5) is 0 Å². The van der Waals surface area contributed by atoms with Crippen molar-refractivity contribution in [3.63, 3.8) is 0 Å². The fourth-order valence-electron chi connectivity index (χ4n) is 1.51. The lowest BCUT2D eigenvalue weighted by Gasteiger charge is -2.07. The van der Waals surface area contributed by atoms with Crippen molar-refractivity contribution in [1.82, 2.24) is 0 Å². The van der Waals surface area contributed by atoms with E-state index in [0.29, 0.717) is 12.8 Å². The number of carboxylic acids is 1. The third-order valence-corrected chi connectivity index (χ3v) is 2.21. The number of aliphatic carboxylic acids is 1. The highest BCUT2D eigenvalue weighted by Gasteiger charge is 2.06. The number of hydrogen-bond donors (Lipinski definition) is 1. The van der Waals surface area contributed by atoms with E-state index in [9.17, 15) is 4.79 Å². The number of nitrogens with zero attached hydrogens (tertiary/aromatic N) is 1. The van der Waals surface area contributed by atoms with Gasteiger partial charge in [0, 0.05) is 6.42 Å². The van der Waals surface area contributed by atoms with Crippen LogP contribution in [0.5, 0.6) is 0 Å². The summed E-state index contributed by atoms with van der Waals surface area (Å²) < 4.78 is 0. The molecule has 0 aromatic heterocycles. The van der Waals surface area contributed by atoms with Gasteiger partial charge in [0.15, 0.2) is 0 Å². The van der Waals surface area contributed by atoms with Gasteiger partial charge >= 0.3 is 5.97 Å². The van der Waals surface area contributed by atoms with Gasteiger partial charge in [-0.3, -0.25) is 4.79 Å². The molecule has 1 rings (SSSR count). The van der Waals surface area contributed by atoms with E-state index in [1.807, 2.05) is 25.1 Å². The predicted octanol–water partition coefficient (Wildman–Crippen LogP) is 2.08. The zero-order chi connectivity index (χ0) is 11.3. The quantitative estimate of drug-likeness (QED) is 0.814. The normalized spacial score (nSPS) is 9.60. The van der Waals surface area contributed by atoms with E-state index in [1.54, 1.807) is 0 Å². The molecular weight excluding hydrogens is 190 g/mol. The minimum atomic E-state index is -0.836. The summed E-state index contributed by atoms with van der Waals surface area (Å²) in [5.41, 5.74) is 2.87. The van der Waals surface area contributed by atoms with E-state index in [0.717, 1.165) is 16.7 Å². The molecule has 0 bridgehead atoms. The van der Waals surface area contributed by atoms with Gasteiger partial charge in [-0.2, -0.15) is 5.26 Å². The number of carboxylic acid groups (broad SMARTS) is 1. The number of nitriles is 1. The Morgan fingerprint density at radius 1 is 1.47 bits per heavy atom. The average molecular weight is 203 g/mol. The maximum atomic E-state index is 10.6. The molecule has 0 atom stereocenters. The van der Waals surface area contributed by atoms with Crippen molar-refractivity contribution >= 4 is 5.97 Å². The van der Waals surface area contributed by atoms with E-state index in [2.05, 4.69) is 6.07 Å². The molecule has 0 saturated heterocycles. The molecule has 1 aromatic carbocycles. The molecule has 1 N–H and O–H groups in total. The first-order valence-electron chi connectivity index (χ1n) is 4.80. The summed E-state index contributed by atoms with van der Waals surface area (Å²) in [6, 6.07) is 7.75. The van der Waals surface area contributed by atoms with Crippen LogP contribution < -0.4 is 0 Å². The second-order valence-corrected chi connectivity index (χ2v) is 3.50. The van der Waals surface area contributed by atoms with Crippen molar-refractivity contribution in [3.05, 3.63) is 34.9 Å². The minimum absolute atomic E-state index is 0.0288. The Bertz CT molecular complexity index is 405. The van der Waals surface area contributed by atoms with Crippen molar-refractivity contribution < 1.29 is 9.90 Å². The van der Waals surface area contributed by atoms with Crippen LogP contribution in [0.25, 0.3) is 0 Å². The van der Waals surface area contributed by atoms with Crippen molar-refractivity contribution in [1.29, 1.82) is 5.26 Å². The molecule has 0 aliphatic carbocycles. The third kappa shape index (κ3) is 3.43. The molecule has 0 heterocycles. The van der Waals surface area contributed by atoms with Crippen LogP contribution in [-0.2, 0) is 17.6 Å². The lowest BCUT2D eigenvalue weighted by Crippen LogP contribution is -2.04. The molecule has 3 nitrogen and oxygen atoms in total. The number of rotatable bonds is 4. The number of hydrogen-bond acceptors (Lipinski definition) is 2. The van der Waals surface area contributed by atoms with Gasteiger partial charge in [-0.15, -0.1) is 0 Å². The summed E-state index contributed by atoms with van der Waals surface area (Å²) in [5, 5.41) is 17.2. The maximum Gasteiger partial charge on any atom is 0.307 e. The molecule has 15 heavy (non-hydrogen) atoms. The van der Waals surface area contributed by atoms with E-state index in [-0.39, 0.29) is 6.42 Å². The molecule has 0 unspecified atom stereocenters. The molecule has 3 heteroatoms. The minimum Gasteiger partial charge on any atom is -0.481 e. The highest BCUT2D eigenvalue weighted by Crippen LogP contribution is 2.14. The molecule has 0 aliphatic heterocycles. The van der Waals surface area contributed by atoms with Crippen molar-refractivity contribution in [2.75, 3.05) is 0 Å². The Balaban J connectivity index is 2.93. The van der Waals surface area contributed by atoms with Gasteiger partial charge in [-0.05, 0) is 24.5 Å². The van der Waals surface area contributed by atoms with Crippen LogP contribution >= 0.6 is 0 Å². The first kappa shape index (κ1) is 11.3. The lowest BCUT2D eigenvalue weighted by atomic mass is 9.98. The number of benzene rings is 1. The van der Waals surface area contributed by atoms with Crippen LogP contribution in [0.15, 0.2) is 18.2 Å². The first-order chi connectivity index (χ1) is 7.13. The Kier molecular flexibility index (Phi) is 3.87. The van der Waals surface area contributed by atoms with Gasteiger partial charge in [0.2, 0.25) is 0 Å². The van der Waals surface area contributed by atoms with Crippen LogP contribution in [0.2, 0.25) is 0 Å². The monoisotopic (exact) mass is 203 g/mol. The van der Waals surface area contributed by atoms with Gasteiger partial charge in [-0.25, -0.2) is 0 Å². The van der Waals surface area contributed by atoms with Gasteiger partial charge in [-0.1, -0.05) is 23.8 Å². The zero-order valence-corrected chi connectivity index (χ0v) is 8.66. The fraction of sp³-hybridized carbons (Fsp3) is 0.333. The fourth-order valence-corrected chi connectivity index (χ4v) is 1.51. The predicted molar refractivity (Wildman–Crippen MR) is 56.5 cm³/mol. The summed E-state index contributed by atoms with van der Waals surface area (Å²) in [6.45, 7) is 1.96. The van der Waals surface area contributed by atoms with E-state index >= 15 is 0 Å². The Labute approximate surface area is 89.0 Å². The van der Waals surface area contributed by atoms with E-state index < -0.39 is 5.97 Å². The Morgan fingerprint density at radius 3 is 2.80 bits per heavy atom. The lowest BCUT2D eigenvalue weighted by molar-refractivity contribution is -0.136. The topological polar surface area (TPSA) is 61.1 Å². The third-order valence-electron chi connectivity index (χ3n) is 2.21. The summed E-state index contributed by atoms with van der Waals surface area (Å²) in [6.07, 6.45) is 1.08. The standard InChI is InChI=1S/C12H13NO2/c1-9-4-5-11(8-12(14)15)10(7-9)3-2-6-13/h4-5,7H,2-3,8H2,1H3,(H,14,15). The molecule has 78 valence electrons. The van der Waals surface area contributed by atoms with Crippen LogP contribution in [0.3, 0.4) is 0 Å².